The van der Waals surface area contributed by atoms with Gasteiger partial charge in [0.2, 0.25) is 5.91 Å². The Kier molecular flexibility index (Phi) is 7.55. The van der Waals surface area contributed by atoms with E-state index >= 15 is 0 Å². The Labute approximate surface area is 165 Å². The fourth-order valence-corrected chi connectivity index (χ4v) is 3.22. The fraction of sp³-hybridized carbons (Fsp3) is 0.409. The highest BCUT2D eigenvalue weighted by molar-refractivity contribution is 6.10. The molecule has 150 valence electrons. The van der Waals surface area contributed by atoms with Crippen LogP contribution in [0.5, 0.6) is 0 Å². The van der Waals surface area contributed by atoms with Crippen LogP contribution in [-0.2, 0) is 31.9 Å². The van der Waals surface area contributed by atoms with Gasteiger partial charge in [-0.1, -0.05) is 37.6 Å². The van der Waals surface area contributed by atoms with Crippen molar-refractivity contribution in [3.63, 3.8) is 0 Å². The van der Waals surface area contributed by atoms with Gasteiger partial charge in [-0.3, -0.25) is 9.59 Å². The van der Waals surface area contributed by atoms with Crippen molar-refractivity contribution in [1.82, 2.24) is 0 Å². The average molecular weight is 385 g/mol. The van der Waals surface area contributed by atoms with E-state index < -0.39 is 5.97 Å². The Morgan fingerprint density at radius 2 is 1.71 bits per heavy atom. The largest absolute Gasteiger partial charge is 0.469 e. The fourth-order valence-electron chi connectivity index (χ4n) is 3.22. The first-order valence-electron chi connectivity index (χ1n) is 9.51. The number of ether oxygens (including phenoxy) is 2. The van der Waals surface area contributed by atoms with E-state index in [0.29, 0.717) is 16.8 Å². The molecule has 0 saturated heterocycles. The molecule has 0 aromatic rings. The summed E-state index contributed by atoms with van der Waals surface area (Å²) in [5, 5.41) is 2.83. The molecule has 0 fully saturated rings. The molecule has 0 atom stereocenters. The van der Waals surface area contributed by atoms with Gasteiger partial charge >= 0.3 is 11.9 Å². The lowest BCUT2D eigenvalue weighted by Gasteiger charge is -2.08. The summed E-state index contributed by atoms with van der Waals surface area (Å²) >= 11 is 0. The number of rotatable bonds is 8. The van der Waals surface area contributed by atoms with Crippen LogP contribution in [0.15, 0.2) is 24.3 Å². The number of nitrogens with one attached hydrogen (secondary N) is 1. The molecule has 2 aliphatic rings. The summed E-state index contributed by atoms with van der Waals surface area (Å²) in [6, 6.07) is 7.34. The van der Waals surface area contributed by atoms with Crippen LogP contribution in [-0.4, -0.2) is 31.6 Å². The summed E-state index contributed by atoms with van der Waals surface area (Å²) in [7, 11) is 1.35. The Hall–Kier alpha value is -2.89. The van der Waals surface area contributed by atoms with Gasteiger partial charge in [-0.25, -0.2) is 4.79 Å². The van der Waals surface area contributed by atoms with Crippen LogP contribution in [0, 0.1) is 0 Å². The molecule has 0 saturated carbocycles. The molecule has 0 spiro atoms. The second kappa shape index (κ2) is 9.88. The minimum Gasteiger partial charge on any atom is -0.469 e. The van der Waals surface area contributed by atoms with Crippen molar-refractivity contribution in [2.45, 2.75) is 46.5 Å². The summed E-state index contributed by atoms with van der Waals surface area (Å²) < 4.78 is 9.99. The zero-order chi connectivity index (χ0) is 20.7. The lowest BCUT2D eigenvalue weighted by molar-refractivity contribution is -0.139. The molecule has 0 heterocycles. The molecule has 6 nitrogen and oxygen atoms in total. The van der Waals surface area contributed by atoms with Crippen molar-refractivity contribution in [2.75, 3.05) is 19.0 Å². The Morgan fingerprint density at radius 3 is 2.29 bits per heavy atom. The summed E-state index contributed by atoms with van der Waals surface area (Å²) in [6.07, 6.45) is 2.76. The number of hydrogen-bond donors (Lipinski definition) is 1. The lowest BCUT2D eigenvalue weighted by atomic mass is 10.0. The Bertz CT molecular complexity index is 843. The smallest absolute Gasteiger partial charge is 0.340 e. The molecule has 2 rings (SSSR count). The first-order chi connectivity index (χ1) is 13.4. The summed E-state index contributed by atoms with van der Waals surface area (Å²) in [6.45, 7) is 5.49. The molecule has 0 bridgehead atoms. The third-order valence-electron chi connectivity index (χ3n) is 4.50. The van der Waals surface area contributed by atoms with E-state index in [1.807, 2.05) is 12.1 Å². The van der Waals surface area contributed by atoms with E-state index in [4.69, 9.17) is 9.47 Å². The highest BCUT2D eigenvalue weighted by Gasteiger charge is 2.28. The van der Waals surface area contributed by atoms with Gasteiger partial charge in [0.25, 0.3) is 0 Å². The Morgan fingerprint density at radius 1 is 1.04 bits per heavy atom. The second-order valence-corrected chi connectivity index (χ2v) is 6.56. The van der Waals surface area contributed by atoms with Crippen molar-refractivity contribution in [2.24, 2.45) is 0 Å². The maximum Gasteiger partial charge on any atom is 0.340 e. The molecule has 1 amide bonds. The number of hydrogen-bond acceptors (Lipinski definition) is 5. The quantitative estimate of drug-likeness (QED) is 0.695. The molecule has 28 heavy (non-hydrogen) atoms. The van der Waals surface area contributed by atoms with E-state index in [0.717, 1.165) is 36.0 Å². The highest BCUT2D eigenvalue weighted by Crippen LogP contribution is 2.42. The maximum absolute atomic E-state index is 12.7. The molecule has 0 aromatic carbocycles. The number of unbranched alkanes of at least 4 members (excludes halogenated alkanes) is 1. The van der Waals surface area contributed by atoms with Gasteiger partial charge in [-0.05, 0) is 42.0 Å². The molecule has 0 aliphatic heterocycles. The van der Waals surface area contributed by atoms with Crippen molar-refractivity contribution < 1.29 is 23.9 Å². The number of amides is 1. The van der Waals surface area contributed by atoms with Gasteiger partial charge in [0.05, 0.1) is 31.4 Å². The van der Waals surface area contributed by atoms with Crippen molar-refractivity contribution in [1.29, 1.82) is 0 Å². The van der Waals surface area contributed by atoms with Crippen LogP contribution >= 0.6 is 0 Å². The van der Waals surface area contributed by atoms with E-state index in [9.17, 15) is 14.4 Å². The predicted octanol–water partition coefficient (Wildman–Crippen LogP) is 3.98. The van der Waals surface area contributed by atoms with E-state index in [2.05, 4.69) is 12.2 Å². The molecular formula is C22H27NO5. The first kappa shape index (κ1) is 21.4. The zero-order valence-electron chi connectivity index (χ0n) is 16.9. The van der Waals surface area contributed by atoms with Crippen LogP contribution in [0.4, 0.5) is 5.69 Å². The predicted molar refractivity (Wildman–Crippen MR) is 108 cm³/mol. The molecule has 1 N–H and O–H groups in total. The molecule has 0 radical (unpaired) electrons. The van der Waals surface area contributed by atoms with Crippen LogP contribution in [0.2, 0.25) is 0 Å². The number of carbonyl (C=O) groups excluding carboxylic acids is 3. The van der Waals surface area contributed by atoms with Gasteiger partial charge in [0, 0.05) is 6.92 Å². The summed E-state index contributed by atoms with van der Waals surface area (Å²) in [5.74, 6) is -1.05. The monoisotopic (exact) mass is 385 g/mol. The molecule has 2 aliphatic carbocycles. The number of fused-ring (bicyclic) bond motifs is 1. The average Bonchev–Trinajstić information content (AvgIpc) is 2.78. The third-order valence-corrected chi connectivity index (χ3v) is 4.50. The topological polar surface area (TPSA) is 81.7 Å². The second-order valence-electron chi connectivity index (χ2n) is 6.56. The summed E-state index contributed by atoms with van der Waals surface area (Å²) in [4.78, 5) is 36.1. The maximum atomic E-state index is 12.7. The number of anilines is 1. The van der Waals surface area contributed by atoms with Crippen molar-refractivity contribution in [3.8, 4) is 11.1 Å². The van der Waals surface area contributed by atoms with Gasteiger partial charge in [0.15, 0.2) is 0 Å². The molecule has 0 unspecified atom stereocenters. The van der Waals surface area contributed by atoms with E-state index in [1.165, 1.54) is 14.0 Å². The SMILES string of the molecule is CCCCc1c2ccc(CC(=O)OC)ccc-2c(C(=O)OCC)c1NC(C)=O. The first-order valence-corrected chi connectivity index (χ1v) is 9.51. The summed E-state index contributed by atoms with van der Waals surface area (Å²) in [5.41, 5.74) is 4.14. The molecule has 0 aromatic heterocycles. The lowest BCUT2D eigenvalue weighted by Crippen LogP contribution is -2.12. The van der Waals surface area contributed by atoms with Crippen molar-refractivity contribution in [3.05, 3.63) is 41.0 Å². The van der Waals surface area contributed by atoms with Gasteiger partial charge in [0.1, 0.15) is 0 Å². The Balaban J connectivity index is 2.69. The third kappa shape index (κ3) is 4.88. The normalized spacial score (nSPS) is 10.6. The number of carbonyl (C=O) groups is 3. The van der Waals surface area contributed by atoms with E-state index in [-0.39, 0.29) is 24.9 Å². The van der Waals surface area contributed by atoms with Crippen LogP contribution < -0.4 is 5.32 Å². The van der Waals surface area contributed by atoms with Crippen LogP contribution in [0.3, 0.4) is 0 Å². The molecule has 6 heteroatoms. The number of methoxy groups -OCH3 is 1. The highest BCUT2D eigenvalue weighted by atomic mass is 16.5. The van der Waals surface area contributed by atoms with Crippen LogP contribution in [0.1, 0.15) is 55.1 Å². The standard InChI is InChI=1S/C22H27NO5/c1-5-7-8-18-16-11-9-15(13-19(25)27-4)10-12-17(16)20(22(26)28-6-2)21(18)23-14(3)24/h9-12H,5-8,13H2,1-4H3,(H,23,24). The van der Waals surface area contributed by atoms with Crippen molar-refractivity contribution >= 4 is 23.5 Å². The van der Waals surface area contributed by atoms with Crippen LogP contribution in [0.25, 0.3) is 11.1 Å². The van der Waals surface area contributed by atoms with Gasteiger partial charge < -0.3 is 14.8 Å². The molecular weight excluding hydrogens is 358 g/mol. The zero-order valence-corrected chi connectivity index (χ0v) is 16.9. The van der Waals surface area contributed by atoms with Gasteiger partial charge in [-0.15, -0.1) is 0 Å². The minimum absolute atomic E-state index is 0.144. The number of esters is 2. The van der Waals surface area contributed by atoms with E-state index in [1.54, 1.807) is 19.1 Å². The van der Waals surface area contributed by atoms with Gasteiger partial charge in [-0.2, -0.15) is 0 Å². The minimum atomic E-state index is -0.472.